The van der Waals surface area contributed by atoms with Crippen molar-refractivity contribution >= 4 is 17.5 Å². The molecule has 164 valence electrons. The summed E-state index contributed by atoms with van der Waals surface area (Å²) in [7, 11) is 1.61. The van der Waals surface area contributed by atoms with Gasteiger partial charge in [-0.25, -0.2) is 0 Å². The van der Waals surface area contributed by atoms with E-state index in [-0.39, 0.29) is 30.2 Å². The summed E-state index contributed by atoms with van der Waals surface area (Å²) in [6.07, 6.45) is 2.16. The summed E-state index contributed by atoms with van der Waals surface area (Å²) >= 11 is 0. The van der Waals surface area contributed by atoms with E-state index in [1.807, 2.05) is 24.3 Å². The van der Waals surface area contributed by atoms with Gasteiger partial charge in [0, 0.05) is 44.3 Å². The van der Waals surface area contributed by atoms with Crippen molar-refractivity contribution < 1.29 is 14.3 Å². The molecule has 6 heteroatoms. The first kappa shape index (κ1) is 21.4. The molecule has 0 aliphatic carbocycles. The second-order valence-electron chi connectivity index (χ2n) is 8.65. The minimum atomic E-state index is -0.292. The van der Waals surface area contributed by atoms with Gasteiger partial charge in [-0.15, -0.1) is 0 Å². The lowest BCUT2D eigenvalue weighted by atomic mass is 10.0. The monoisotopic (exact) mass is 421 g/mol. The Balaban J connectivity index is 1.26. The third kappa shape index (κ3) is 5.25. The molecular formula is C25H31N3O3. The van der Waals surface area contributed by atoms with E-state index in [0.29, 0.717) is 6.54 Å². The van der Waals surface area contributed by atoms with Crippen LogP contribution in [0.5, 0.6) is 5.75 Å². The highest BCUT2D eigenvalue weighted by Gasteiger charge is 2.36. The molecule has 0 spiro atoms. The summed E-state index contributed by atoms with van der Waals surface area (Å²) in [5, 5.41) is 3.20. The van der Waals surface area contributed by atoms with Crippen molar-refractivity contribution in [3.05, 3.63) is 59.7 Å². The summed E-state index contributed by atoms with van der Waals surface area (Å²) < 4.78 is 5.18. The SMILES string of the molecule is COc1ccc(N2CC(C(=O)NC3CCN(Cc4cccc(C)c4)CC3)CC2=O)cc1. The first-order chi connectivity index (χ1) is 15.0. The van der Waals surface area contributed by atoms with Crippen LogP contribution in [0.15, 0.2) is 48.5 Å². The predicted molar refractivity (Wildman–Crippen MR) is 121 cm³/mol. The van der Waals surface area contributed by atoms with Crippen LogP contribution in [-0.2, 0) is 16.1 Å². The molecule has 6 nitrogen and oxygen atoms in total. The summed E-state index contributed by atoms with van der Waals surface area (Å²) in [6.45, 7) is 5.45. The lowest BCUT2D eigenvalue weighted by Crippen LogP contribution is -2.46. The Morgan fingerprint density at radius 2 is 1.87 bits per heavy atom. The quantitative estimate of drug-likeness (QED) is 0.779. The normalized spacial score (nSPS) is 20.1. The van der Waals surface area contributed by atoms with Crippen LogP contribution in [0.3, 0.4) is 0 Å². The number of aryl methyl sites for hydroxylation is 1. The molecule has 1 atom stereocenters. The maximum absolute atomic E-state index is 12.8. The van der Waals surface area contributed by atoms with Crippen molar-refractivity contribution in [1.29, 1.82) is 0 Å². The summed E-state index contributed by atoms with van der Waals surface area (Å²) in [5.74, 6) is 0.457. The van der Waals surface area contributed by atoms with Crippen LogP contribution < -0.4 is 15.0 Å². The maximum Gasteiger partial charge on any atom is 0.227 e. The van der Waals surface area contributed by atoms with Gasteiger partial charge in [-0.3, -0.25) is 14.5 Å². The van der Waals surface area contributed by atoms with E-state index in [1.165, 1.54) is 11.1 Å². The number of anilines is 1. The molecule has 4 rings (SSSR count). The summed E-state index contributed by atoms with van der Waals surface area (Å²) in [4.78, 5) is 29.5. The minimum absolute atomic E-state index is 0.00139. The molecule has 0 aromatic heterocycles. The summed E-state index contributed by atoms with van der Waals surface area (Å²) in [6, 6.07) is 16.2. The van der Waals surface area contributed by atoms with E-state index in [1.54, 1.807) is 12.0 Å². The molecule has 2 saturated heterocycles. The zero-order valence-corrected chi connectivity index (χ0v) is 18.3. The fourth-order valence-corrected chi connectivity index (χ4v) is 4.52. The Morgan fingerprint density at radius 3 is 2.55 bits per heavy atom. The maximum atomic E-state index is 12.8. The lowest BCUT2D eigenvalue weighted by Gasteiger charge is -2.33. The molecular weight excluding hydrogens is 390 g/mol. The van der Waals surface area contributed by atoms with Crippen LogP contribution >= 0.6 is 0 Å². The van der Waals surface area contributed by atoms with E-state index in [2.05, 4.69) is 41.4 Å². The van der Waals surface area contributed by atoms with Gasteiger partial charge in [-0.1, -0.05) is 29.8 Å². The van der Waals surface area contributed by atoms with Crippen molar-refractivity contribution in [2.45, 2.75) is 38.8 Å². The zero-order valence-electron chi connectivity index (χ0n) is 18.3. The van der Waals surface area contributed by atoms with Crippen LogP contribution in [0, 0.1) is 12.8 Å². The van der Waals surface area contributed by atoms with Crippen molar-refractivity contribution in [3.8, 4) is 5.75 Å². The largest absolute Gasteiger partial charge is 0.497 e. The van der Waals surface area contributed by atoms with E-state index in [0.717, 1.165) is 43.9 Å². The number of rotatable bonds is 6. The molecule has 2 aliphatic heterocycles. The van der Waals surface area contributed by atoms with Gasteiger partial charge >= 0.3 is 0 Å². The van der Waals surface area contributed by atoms with Crippen molar-refractivity contribution in [1.82, 2.24) is 10.2 Å². The Kier molecular flexibility index (Phi) is 6.56. The molecule has 2 aromatic rings. The minimum Gasteiger partial charge on any atom is -0.497 e. The fourth-order valence-electron chi connectivity index (χ4n) is 4.52. The first-order valence-electron chi connectivity index (χ1n) is 11.0. The predicted octanol–water partition coefficient (Wildman–Crippen LogP) is 3.14. The van der Waals surface area contributed by atoms with Crippen LogP contribution in [0.25, 0.3) is 0 Å². The highest BCUT2D eigenvalue weighted by atomic mass is 16.5. The Labute approximate surface area is 184 Å². The van der Waals surface area contributed by atoms with Crippen molar-refractivity contribution in [2.75, 3.05) is 31.6 Å². The van der Waals surface area contributed by atoms with Gasteiger partial charge < -0.3 is 15.0 Å². The molecule has 1 unspecified atom stereocenters. The molecule has 2 heterocycles. The van der Waals surface area contributed by atoms with E-state index in [9.17, 15) is 9.59 Å². The average Bonchev–Trinajstić information content (AvgIpc) is 3.17. The third-order valence-corrected chi connectivity index (χ3v) is 6.30. The molecule has 1 N–H and O–H groups in total. The number of nitrogens with one attached hydrogen (secondary N) is 1. The second kappa shape index (κ2) is 9.52. The topological polar surface area (TPSA) is 61.9 Å². The van der Waals surface area contributed by atoms with Crippen LogP contribution in [0.1, 0.15) is 30.4 Å². The Morgan fingerprint density at radius 1 is 1.13 bits per heavy atom. The lowest BCUT2D eigenvalue weighted by molar-refractivity contribution is -0.127. The highest BCUT2D eigenvalue weighted by Crippen LogP contribution is 2.27. The van der Waals surface area contributed by atoms with Crippen molar-refractivity contribution in [3.63, 3.8) is 0 Å². The van der Waals surface area contributed by atoms with Gasteiger partial charge in [0.2, 0.25) is 11.8 Å². The number of carbonyl (C=O) groups excluding carboxylic acids is 2. The van der Waals surface area contributed by atoms with Gasteiger partial charge in [0.25, 0.3) is 0 Å². The number of benzene rings is 2. The standard InChI is InChI=1S/C25H31N3O3/c1-18-4-3-5-19(14-18)16-27-12-10-21(11-13-27)26-25(30)20-15-24(29)28(17-20)22-6-8-23(31-2)9-7-22/h3-9,14,20-21H,10-13,15-17H2,1-2H3,(H,26,30). The number of hydrogen-bond donors (Lipinski definition) is 1. The molecule has 0 radical (unpaired) electrons. The highest BCUT2D eigenvalue weighted by molar-refractivity contribution is 6.00. The van der Waals surface area contributed by atoms with Gasteiger partial charge in [-0.2, -0.15) is 0 Å². The molecule has 2 amide bonds. The van der Waals surface area contributed by atoms with Gasteiger partial charge in [-0.05, 0) is 49.6 Å². The molecule has 2 aliphatic rings. The molecule has 31 heavy (non-hydrogen) atoms. The Hall–Kier alpha value is -2.86. The third-order valence-electron chi connectivity index (χ3n) is 6.30. The average molecular weight is 422 g/mol. The van der Waals surface area contributed by atoms with Crippen LogP contribution in [-0.4, -0.2) is 49.5 Å². The molecule has 0 bridgehead atoms. The zero-order chi connectivity index (χ0) is 21.8. The molecule has 2 aromatic carbocycles. The van der Waals surface area contributed by atoms with E-state index in [4.69, 9.17) is 4.74 Å². The van der Waals surface area contributed by atoms with E-state index < -0.39 is 0 Å². The van der Waals surface area contributed by atoms with Crippen LogP contribution in [0.2, 0.25) is 0 Å². The fraction of sp³-hybridized carbons (Fsp3) is 0.440. The number of piperidine rings is 1. The second-order valence-corrected chi connectivity index (χ2v) is 8.65. The first-order valence-corrected chi connectivity index (χ1v) is 11.0. The summed E-state index contributed by atoms with van der Waals surface area (Å²) in [5.41, 5.74) is 3.44. The van der Waals surface area contributed by atoms with Gasteiger partial charge in [0.1, 0.15) is 5.75 Å². The smallest absolute Gasteiger partial charge is 0.227 e. The number of ether oxygens (including phenoxy) is 1. The molecule has 0 saturated carbocycles. The number of nitrogens with zero attached hydrogens (tertiary/aromatic N) is 2. The number of amides is 2. The number of carbonyl (C=O) groups is 2. The molecule has 2 fully saturated rings. The Bertz CT molecular complexity index is 920. The number of hydrogen-bond acceptors (Lipinski definition) is 4. The van der Waals surface area contributed by atoms with Gasteiger partial charge in [0.15, 0.2) is 0 Å². The van der Waals surface area contributed by atoms with Crippen molar-refractivity contribution in [2.24, 2.45) is 5.92 Å². The van der Waals surface area contributed by atoms with Crippen LogP contribution in [0.4, 0.5) is 5.69 Å². The number of likely N-dealkylation sites (tertiary alicyclic amines) is 1. The van der Waals surface area contributed by atoms with Gasteiger partial charge in [0.05, 0.1) is 13.0 Å². The van der Waals surface area contributed by atoms with E-state index >= 15 is 0 Å². The number of methoxy groups -OCH3 is 1.